The second-order valence-corrected chi connectivity index (χ2v) is 4.46. The SMILES string of the molecule is Nc1ccc(N(C(=O)c2cc[nH]c2)C2CC2)nc1. The van der Waals surface area contributed by atoms with Gasteiger partial charge < -0.3 is 10.7 Å². The Morgan fingerprint density at radius 3 is 2.78 bits per heavy atom. The monoisotopic (exact) mass is 242 g/mol. The first-order valence-corrected chi connectivity index (χ1v) is 5.93. The van der Waals surface area contributed by atoms with Crippen molar-refractivity contribution in [2.75, 3.05) is 10.6 Å². The number of hydrogen-bond donors (Lipinski definition) is 2. The van der Waals surface area contributed by atoms with Gasteiger partial charge in [-0.25, -0.2) is 4.98 Å². The molecule has 92 valence electrons. The highest BCUT2D eigenvalue weighted by Crippen LogP contribution is 2.32. The molecule has 0 atom stereocenters. The maximum Gasteiger partial charge on any atom is 0.261 e. The van der Waals surface area contributed by atoms with Gasteiger partial charge in [0.25, 0.3) is 5.91 Å². The molecule has 1 fully saturated rings. The number of carbonyl (C=O) groups excluding carboxylic acids is 1. The lowest BCUT2D eigenvalue weighted by atomic mass is 10.2. The average Bonchev–Trinajstić information content (AvgIpc) is 3.05. The Kier molecular flexibility index (Phi) is 2.51. The van der Waals surface area contributed by atoms with Crippen LogP contribution in [0.25, 0.3) is 0 Å². The number of H-pyrrole nitrogens is 1. The van der Waals surface area contributed by atoms with Crippen molar-refractivity contribution < 1.29 is 4.79 Å². The summed E-state index contributed by atoms with van der Waals surface area (Å²) in [6.07, 6.45) is 7.09. The summed E-state index contributed by atoms with van der Waals surface area (Å²) >= 11 is 0. The normalized spacial score (nSPS) is 14.4. The van der Waals surface area contributed by atoms with Crippen LogP contribution in [0.1, 0.15) is 23.2 Å². The highest BCUT2D eigenvalue weighted by molar-refractivity contribution is 6.06. The second kappa shape index (κ2) is 4.18. The van der Waals surface area contributed by atoms with Gasteiger partial charge in [0.05, 0.1) is 17.4 Å². The minimum absolute atomic E-state index is 0.0176. The Bertz CT molecular complexity index is 543. The van der Waals surface area contributed by atoms with E-state index in [1.54, 1.807) is 41.7 Å². The molecule has 2 aromatic rings. The molecule has 1 saturated carbocycles. The quantitative estimate of drug-likeness (QED) is 0.861. The minimum atomic E-state index is -0.0176. The molecule has 3 rings (SSSR count). The molecule has 2 aromatic heterocycles. The third-order valence-electron chi connectivity index (χ3n) is 2.99. The molecule has 0 unspecified atom stereocenters. The van der Waals surface area contributed by atoms with E-state index < -0.39 is 0 Å². The molecule has 5 heteroatoms. The Balaban J connectivity index is 1.93. The lowest BCUT2D eigenvalue weighted by Crippen LogP contribution is -2.33. The third kappa shape index (κ3) is 1.95. The molecule has 0 aromatic carbocycles. The lowest BCUT2D eigenvalue weighted by molar-refractivity contribution is 0.0984. The summed E-state index contributed by atoms with van der Waals surface area (Å²) in [6.45, 7) is 0. The highest BCUT2D eigenvalue weighted by atomic mass is 16.2. The Labute approximate surface area is 105 Å². The Hall–Kier alpha value is -2.30. The second-order valence-electron chi connectivity index (χ2n) is 4.46. The Morgan fingerprint density at radius 1 is 1.39 bits per heavy atom. The van der Waals surface area contributed by atoms with Gasteiger partial charge in [0.15, 0.2) is 0 Å². The van der Waals surface area contributed by atoms with Crippen LogP contribution in [0.15, 0.2) is 36.8 Å². The molecule has 1 aliphatic rings. The smallest absolute Gasteiger partial charge is 0.261 e. The van der Waals surface area contributed by atoms with Gasteiger partial charge in [-0.15, -0.1) is 0 Å². The van der Waals surface area contributed by atoms with E-state index in [1.807, 2.05) is 0 Å². The van der Waals surface area contributed by atoms with Crippen LogP contribution in [0.3, 0.4) is 0 Å². The van der Waals surface area contributed by atoms with E-state index in [9.17, 15) is 4.79 Å². The summed E-state index contributed by atoms with van der Waals surface area (Å²) in [7, 11) is 0. The highest BCUT2D eigenvalue weighted by Gasteiger charge is 2.35. The molecule has 0 saturated heterocycles. The maximum atomic E-state index is 12.4. The van der Waals surface area contributed by atoms with Crippen LogP contribution in [0.4, 0.5) is 11.5 Å². The number of carbonyl (C=O) groups is 1. The van der Waals surface area contributed by atoms with Crippen LogP contribution < -0.4 is 10.6 Å². The predicted octanol–water partition coefficient (Wildman–Crippen LogP) is 1.80. The number of pyridine rings is 1. The van der Waals surface area contributed by atoms with Crippen molar-refractivity contribution in [3.05, 3.63) is 42.4 Å². The largest absolute Gasteiger partial charge is 0.397 e. The van der Waals surface area contributed by atoms with Gasteiger partial charge in [-0.2, -0.15) is 0 Å². The fourth-order valence-corrected chi connectivity index (χ4v) is 1.93. The zero-order chi connectivity index (χ0) is 12.5. The molecule has 1 amide bonds. The van der Waals surface area contributed by atoms with Crippen LogP contribution in [0, 0.1) is 0 Å². The number of amides is 1. The first-order valence-electron chi connectivity index (χ1n) is 5.93. The van der Waals surface area contributed by atoms with E-state index in [4.69, 9.17) is 5.73 Å². The fourth-order valence-electron chi connectivity index (χ4n) is 1.93. The predicted molar refractivity (Wildman–Crippen MR) is 69.3 cm³/mol. The van der Waals surface area contributed by atoms with Crippen LogP contribution in [-0.2, 0) is 0 Å². The number of nitrogen functional groups attached to an aromatic ring is 1. The van der Waals surface area contributed by atoms with Crippen molar-refractivity contribution in [1.82, 2.24) is 9.97 Å². The standard InChI is InChI=1S/C13H14N4O/c14-10-1-4-12(16-8-10)17(11-2-3-11)13(18)9-5-6-15-7-9/h1,4-8,11,15H,2-3,14H2. The van der Waals surface area contributed by atoms with Crippen molar-refractivity contribution in [3.8, 4) is 0 Å². The van der Waals surface area contributed by atoms with Gasteiger partial charge in [-0.3, -0.25) is 9.69 Å². The van der Waals surface area contributed by atoms with E-state index in [1.165, 1.54) is 0 Å². The average molecular weight is 242 g/mol. The number of rotatable bonds is 3. The van der Waals surface area contributed by atoms with Gasteiger partial charge in [0.1, 0.15) is 5.82 Å². The van der Waals surface area contributed by atoms with Crippen molar-refractivity contribution in [2.24, 2.45) is 0 Å². The molecule has 5 nitrogen and oxygen atoms in total. The number of nitrogens with two attached hydrogens (primary N) is 1. The summed E-state index contributed by atoms with van der Waals surface area (Å²) in [5.41, 5.74) is 6.87. The molecule has 18 heavy (non-hydrogen) atoms. The fraction of sp³-hybridized carbons (Fsp3) is 0.231. The van der Waals surface area contributed by atoms with Crippen LogP contribution >= 0.6 is 0 Å². The van der Waals surface area contributed by atoms with Crippen molar-refractivity contribution in [2.45, 2.75) is 18.9 Å². The van der Waals surface area contributed by atoms with Crippen LogP contribution in [0.2, 0.25) is 0 Å². The molecule has 0 aliphatic heterocycles. The van der Waals surface area contributed by atoms with E-state index in [2.05, 4.69) is 9.97 Å². The van der Waals surface area contributed by atoms with Crippen molar-refractivity contribution in [3.63, 3.8) is 0 Å². The molecular weight excluding hydrogens is 228 g/mol. The van der Waals surface area contributed by atoms with Crippen LogP contribution in [0.5, 0.6) is 0 Å². The molecule has 3 N–H and O–H groups in total. The number of nitrogens with zero attached hydrogens (tertiary/aromatic N) is 2. The topological polar surface area (TPSA) is 75.0 Å². The zero-order valence-corrected chi connectivity index (χ0v) is 9.84. The van der Waals surface area contributed by atoms with E-state index in [0.717, 1.165) is 12.8 Å². The van der Waals surface area contributed by atoms with Crippen LogP contribution in [-0.4, -0.2) is 21.9 Å². The molecule has 0 radical (unpaired) electrons. The first kappa shape index (κ1) is 10.8. The summed E-state index contributed by atoms with van der Waals surface area (Å²) in [5.74, 6) is 0.647. The molecule has 0 spiro atoms. The molecule has 1 aliphatic carbocycles. The maximum absolute atomic E-state index is 12.4. The molecular formula is C13H14N4O. The van der Waals surface area contributed by atoms with Gasteiger partial charge in [0.2, 0.25) is 0 Å². The van der Waals surface area contributed by atoms with Crippen molar-refractivity contribution >= 4 is 17.4 Å². The van der Waals surface area contributed by atoms with Crippen molar-refractivity contribution in [1.29, 1.82) is 0 Å². The summed E-state index contributed by atoms with van der Waals surface area (Å²) in [4.78, 5) is 21.3. The number of aromatic amines is 1. The van der Waals surface area contributed by atoms with E-state index in [0.29, 0.717) is 17.1 Å². The molecule has 2 heterocycles. The number of hydrogen-bond acceptors (Lipinski definition) is 3. The number of aromatic nitrogens is 2. The Morgan fingerprint density at radius 2 is 2.22 bits per heavy atom. The van der Waals surface area contributed by atoms with E-state index >= 15 is 0 Å². The third-order valence-corrected chi connectivity index (χ3v) is 2.99. The van der Waals surface area contributed by atoms with Gasteiger partial charge in [-0.05, 0) is 31.0 Å². The van der Waals surface area contributed by atoms with E-state index in [-0.39, 0.29) is 11.9 Å². The van der Waals surface area contributed by atoms with Gasteiger partial charge in [0, 0.05) is 18.4 Å². The molecule has 0 bridgehead atoms. The summed E-state index contributed by atoms with van der Waals surface area (Å²) in [5, 5.41) is 0. The first-order chi connectivity index (χ1) is 8.75. The van der Waals surface area contributed by atoms with Gasteiger partial charge >= 0.3 is 0 Å². The number of nitrogens with one attached hydrogen (secondary N) is 1. The number of anilines is 2. The lowest BCUT2D eigenvalue weighted by Gasteiger charge is -2.20. The summed E-state index contributed by atoms with van der Waals surface area (Å²) in [6, 6.07) is 5.60. The van der Waals surface area contributed by atoms with Gasteiger partial charge in [-0.1, -0.05) is 0 Å². The zero-order valence-electron chi connectivity index (χ0n) is 9.84. The summed E-state index contributed by atoms with van der Waals surface area (Å²) < 4.78 is 0. The minimum Gasteiger partial charge on any atom is -0.397 e.